The van der Waals surface area contributed by atoms with Gasteiger partial charge < -0.3 is 19.1 Å². The van der Waals surface area contributed by atoms with Crippen LogP contribution in [0.5, 0.6) is 0 Å². The molecule has 8 heteroatoms. The molecule has 34 heavy (non-hydrogen) atoms. The van der Waals surface area contributed by atoms with Crippen molar-refractivity contribution in [3.05, 3.63) is 23.8 Å². The number of ketones is 1. The Balaban J connectivity index is 1.54. The Morgan fingerprint density at radius 1 is 1.24 bits per heavy atom. The Bertz CT molecular complexity index is 1050. The van der Waals surface area contributed by atoms with Crippen molar-refractivity contribution in [2.75, 3.05) is 14.1 Å². The van der Waals surface area contributed by atoms with Crippen molar-refractivity contribution in [1.82, 2.24) is 4.90 Å². The molecular formula is C26H33NO6S. The van der Waals surface area contributed by atoms with Gasteiger partial charge in [-0.2, -0.15) is 0 Å². The zero-order valence-electron chi connectivity index (χ0n) is 20.5. The minimum Gasteiger partial charge on any atom is -0.446 e. The first kappa shape index (κ1) is 23.7. The fourth-order valence-corrected chi connectivity index (χ4v) is 7.78. The van der Waals surface area contributed by atoms with Crippen LogP contribution in [0.1, 0.15) is 59.3 Å². The predicted octanol–water partition coefficient (Wildman–Crippen LogP) is 3.51. The molecule has 3 saturated carbocycles. The van der Waals surface area contributed by atoms with E-state index in [4.69, 9.17) is 26.4 Å². The van der Waals surface area contributed by atoms with Gasteiger partial charge in [0, 0.05) is 31.3 Å². The van der Waals surface area contributed by atoms with Crippen molar-refractivity contribution >= 4 is 35.1 Å². The number of allylic oxidation sites excluding steroid dienone is 2. The minimum atomic E-state index is -1.40. The van der Waals surface area contributed by atoms with E-state index in [2.05, 4.69) is 13.8 Å². The molecule has 7 atom stereocenters. The Morgan fingerprint density at radius 3 is 2.65 bits per heavy atom. The van der Waals surface area contributed by atoms with E-state index in [1.165, 1.54) is 0 Å². The summed E-state index contributed by atoms with van der Waals surface area (Å²) in [4.78, 5) is 39.9. The highest BCUT2D eigenvalue weighted by molar-refractivity contribution is 7.80. The number of nitrogens with zero attached hydrogens (tertiary/aromatic N) is 1. The highest BCUT2D eigenvalue weighted by Crippen LogP contribution is 2.76. The van der Waals surface area contributed by atoms with E-state index >= 15 is 0 Å². The molecule has 4 aliphatic carbocycles. The van der Waals surface area contributed by atoms with Crippen LogP contribution in [0, 0.1) is 22.7 Å². The number of rotatable bonds is 3. The Labute approximate surface area is 205 Å². The van der Waals surface area contributed by atoms with Gasteiger partial charge in [0.15, 0.2) is 5.78 Å². The van der Waals surface area contributed by atoms with E-state index in [1.54, 1.807) is 38.1 Å². The van der Waals surface area contributed by atoms with Crippen LogP contribution in [0.3, 0.4) is 0 Å². The van der Waals surface area contributed by atoms with Crippen molar-refractivity contribution in [2.24, 2.45) is 22.7 Å². The van der Waals surface area contributed by atoms with Crippen molar-refractivity contribution in [1.29, 1.82) is 0 Å². The molecular weight excluding hydrogens is 454 g/mol. The summed E-state index contributed by atoms with van der Waals surface area (Å²) < 4.78 is 18.2. The lowest BCUT2D eigenvalue weighted by atomic mass is 9.47. The van der Waals surface area contributed by atoms with Gasteiger partial charge in [-0.05, 0) is 75.2 Å². The number of carbonyl (C=O) groups is 3. The maximum absolute atomic E-state index is 13.7. The number of fused-ring (bicyclic) bond motifs is 3. The SMILES string of the molecule is CCC(=O)O[C@]1(C(=O)OC(=S)N(C)C)CC[C@H]2[C@@H]3CCC4=CC(=O)C=C[C@]4(C)[C@@]34O[C@H]4C[C@@]21C. The third-order valence-electron chi connectivity index (χ3n) is 9.51. The summed E-state index contributed by atoms with van der Waals surface area (Å²) in [6.45, 7) is 5.97. The van der Waals surface area contributed by atoms with Crippen molar-refractivity contribution in [3.8, 4) is 0 Å². The lowest BCUT2D eigenvalue weighted by Gasteiger charge is -2.55. The van der Waals surface area contributed by atoms with Gasteiger partial charge >= 0.3 is 11.9 Å². The van der Waals surface area contributed by atoms with E-state index in [0.717, 1.165) is 24.8 Å². The lowest BCUT2D eigenvalue weighted by Crippen LogP contribution is -2.62. The Morgan fingerprint density at radius 2 is 1.97 bits per heavy atom. The molecule has 0 amide bonds. The zero-order valence-corrected chi connectivity index (χ0v) is 21.3. The van der Waals surface area contributed by atoms with Gasteiger partial charge in [-0.1, -0.05) is 25.5 Å². The van der Waals surface area contributed by atoms with Crippen LogP contribution < -0.4 is 0 Å². The third-order valence-corrected chi connectivity index (χ3v) is 9.95. The normalized spacial score (nSPS) is 43.5. The molecule has 184 valence electrons. The summed E-state index contributed by atoms with van der Waals surface area (Å²) in [5, 5.41) is 0.0498. The second kappa shape index (κ2) is 7.47. The van der Waals surface area contributed by atoms with Gasteiger partial charge in [-0.25, -0.2) is 4.79 Å². The van der Waals surface area contributed by atoms with E-state index in [0.29, 0.717) is 12.8 Å². The molecule has 1 saturated heterocycles. The minimum absolute atomic E-state index is 0.0335. The summed E-state index contributed by atoms with van der Waals surface area (Å²) in [7, 11) is 3.42. The molecule has 1 spiro atoms. The molecule has 0 aromatic rings. The third kappa shape index (κ3) is 2.84. The fourth-order valence-electron chi connectivity index (χ4n) is 7.70. The molecule has 5 rings (SSSR count). The number of ether oxygens (including phenoxy) is 3. The topological polar surface area (TPSA) is 85.4 Å². The molecule has 5 aliphatic rings. The number of carbonyl (C=O) groups excluding carboxylic acids is 3. The molecule has 0 radical (unpaired) electrons. The summed E-state index contributed by atoms with van der Waals surface area (Å²) in [5.74, 6) is -0.673. The summed E-state index contributed by atoms with van der Waals surface area (Å²) in [6, 6.07) is 0. The summed E-state index contributed by atoms with van der Waals surface area (Å²) >= 11 is 5.25. The second-order valence-corrected chi connectivity index (χ2v) is 11.5. The van der Waals surface area contributed by atoms with Gasteiger partial charge in [0.25, 0.3) is 5.17 Å². The molecule has 0 bridgehead atoms. The van der Waals surface area contributed by atoms with Gasteiger partial charge in [0.1, 0.15) is 5.60 Å². The standard InChI is InChI=1S/C26H33NO6S/c1-6-20(29)33-25(21(30)31-22(34)27(4)5)12-10-17-18-8-7-15-13-16(28)9-11-23(15,2)26(18)19(32-26)14-24(17,25)3/h9,11,13,17-19H,6-8,10,12,14H2,1-5H3/t17-,18-,19-,23-,24-,25-,26+/m0/s1. The summed E-state index contributed by atoms with van der Waals surface area (Å²) in [5.41, 5.74) is -1.63. The van der Waals surface area contributed by atoms with Gasteiger partial charge in [-0.15, -0.1) is 0 Å². The Kier molecular flexibility index (Phi) is 5.20. The van der Waals surface area contributed by atoms with Gasteiger partial charge in [0.2, 0.25) is 5.60 Å². The van der Waals surface area contributed by atoms with Crippen molar-refractivity contribution < 1.29 is 28.6 Å². The second-order valence-electron chi connectivity index (χ2n) is 11.1. The summed E-state index contributed by atoms with van der Waals surface area (Å²) in [6.07, 6.45) is 8.97. The van der Waals surface area contributed by atoms with E-state index in [-0.39, 0.29) is 46.3 Å². The van der Waals surface area contributed by atoms with Crippen molar-refractivity contribution in [2.45, 2.75) is 76.6 Å². The average Bonchev–Trinajstić information content (AvgIpc) is 3.43. The number of hydrogen-bond acceptors (Lipinski definition) is 7. The highest BCUT2D eigenvalue weighted by atomic mass is 32.1. The monoisotopic (exact) mass is 487 g/mol. The first-order valence-corrected chi connectivity index (χ1v) is 12.6. The largest absolute Gasteiger partial charge is 0.446 e. The maximum atomic E-state index is 13.7. The smallest absolute Gasteiger partial charge is 0.358 e. The van der Waals surface area contributed by atoms with Crippen LogP contribution in [0.4, 0.5) is 0 Å². The van der Waals surface area contributed by atoms with Crippen LogP contribution in [0.15, 0.2) is 23.8 Å². The quantitative estimate of drug-likeness (QED) is 0.340. The average molecular weight is 488 g/mol. The lowest BCUT2D eigenvalue weighted by molar-refractivity contribution is -0.197. The highest BCUT2D eigenvalue weighted by Gasteiger charge is 2.82. The first-order valence-electron chi connectivity index (χ1n) is 12.2. The number of hydrogen-bond donors (Lipinski definition) is 0. The molecule has 0 aromatic carbocycles. The Hall–Kier alpha value is -2.06. The van der Waals surface area contributed by atoms with Crippen LogP contribution in [-0.2, 0) is 28.6 Å². The van der Waals surface area contributed by atoms with E-state index in [1.807, 2.05) is 6.08 Å². The van der Waals surface area contributed by atoms with Crippen LogP contribution >= 0.6 is 12.2 Å². The van der Waals surface area contributed by atoms with Gasteiger partial charge in [0.05, 0.1) is 6.10 Å². The molecule has 0 aromatic heterocycles. The van der Waals surface area contributed by atoms with Gasteiger partial charge in [-0.3, -0.25) is 9.59 Å². The van der Waals surface area contributed by atoms with Crippen molar-refractivity contribution in [3.63, 3.8) is 0 Å². The molecule has 1 heterocycles. The van der Waals surface area contributed by atoms with E-state index < -0.39 is 23.0 Å². The molecule has 4 fully saturated rings. The van der Waals surface area contributed by atoms with E-state index in [9.17, 15) is 14.4 Å². The van der Waals surface area contributed by atoms with Crippen LogP contribution in [0.25, 0.3) is 0 Å². The molecule has 7 nitrogen and oxygen atoms in total. The number of epoxide rings is 1. The number of esters is 2. The molecule has 0 unspecified atom stereocenters. The first-order chi connectivity index (χ1) is 15.9. The van der Waals surface area contributed by atoms with Crippen LogP contribution in [0.2, 0.25) is 0 Å². The zero-order chi connectivity index (χ0) is 24.7. The molecule has 1 aliphatic heterocycles. The molecule has 0 N–H and O–H groups in total. The maximum Gasteiger partial charge on any atom is 0.358 e. The van der Waals surface area contributed by atoms with Crippen LogP contribution in [-0.4, -0.2) is 59.2 Å². The fraction of sp³-hybridized carbons (Fsp3) is 0.692. The number of thiocarbonyl (C=S) groups is 1. The predicted molar refractivity (Wildman–Crippen MR) is 128 cm³/mol.